The van der Waals surface area contributed by atoms with Gasteiger partial charge in [-0.05, 0) is 42.7 Å². The van der Waals surface area contributed by atoms with E-state index in [-0.39, 0.29) is 16.7 Å². The Morgan fingerprint density at radius 1 is 1.52 bits per heavy atom. The van der Waals surface area contributed by atoms with Crippen molar-refractivity contribution in [2.24, 2.45) is 0 Å². The van der Waals surface area contributed by atoms with Crippen LogP contribution in [-0.2, 0) is 16.4 Å². The molecule has 2 rings (SSSR count). The van der Waals surface area contributed by atoms with Crippen LogP contribution in [0.3, 0.4) is 0 Å². The third-order valence-electron chi connectivity index (χ3n) is 2.85. The summed E-state index contributed by atoms with van der Waals surface area (Å²) in [4.78, 5) is 10.7. The summed E-state index contributed by atoms with van der Waals surface area (Å²) in [5.74, 6) is -1.63. The Labute approximate surface area is 126 Å². The molecule has 0 bridgehead atoms. The number of hydrogen-bond acceptors (Lipinski definition) is 5. The molecule has 114 valence electrons. The molecule has 0 aliphatic rings. The van der Waals surface area contributed by atoms with Crippen LogP contribution in [0.15, 0.2) is 32.2 Å². The van der Waals surface area contributed by atoms with E-state index in [1.807, 2.05) is 16.8 Å². The lowest BCUT2D eigenvalue weighted by Gasteiger charge is -2.12. The van der Waals surface area contributed by atoms with Crippen molar-refractivity contribution in [2.75, 3.05) is 0 Å². The van der Waals surface area contributed by atoms with Gasteiger partial charge >= 0.3 is 5.97 Å². The molecule has 0 aliphatic carbocycles. The summed E-state index contributed by atoms with van der Waals surface area (Å²) in [5, 5.41) is 12.7. The van der Waals surface area contributed by atoms with E-state index >= 15 is 0 Å². The van der Waals surface area contributed by atoms with Crippen LogP contribution in [0.1, 0.15) is 28.8 Å². The molecule has 1 unspecified atom stereocenters. The van der Waals surface area contributed by atoms with Crippen molar-refractivity contribution in [1.82, 2.24) is 4.72 Å². The van der Waals surface area contributed by atoms with Gasteiger partial charge in [0.2, 0.25) is 15.8 Å². The van der Waals surface area contributed by atoms with Crippen LogP contribution in [0, 0.1) is 6.92 Å². The summed E-state index contributed by atoms with van der Waals surface area (Å²) in [6.07, 6.45) is 0.561. The topological polar surface area (TPSA) is 96.6 Å². The number of hydrogen-bond donors (Lipinski definition) is 2. The Morgan fingerprint density at radius 3 is 2.76 bits per heavy atom. The predicted molar refractivity (Wildman–Crippen MR) is 78.2 cm³/mol. The van der Waals surface area contributed by atoms with E-state index in [1.54, 1.807) is 18.3 Å². The number of thiophene rings is 1. The monoisotopic (exact) mass is 329 g/mol. The van der Waals surface area contributed by atoms with Crippen LogP contribution in [-0.4, -0.2) is 25.5 Å². The molecule has 0 aromatic carbocycles. The number of rotatable bonds is 6. The Kier molecular flexibility index (Phi) is 4.50. The lowest BCUT2D eigenvalue weighted by Crippen LogP contribution is -2.34. The van der Waals surface area contributed by atoms with Gasteiger partial charge in [0.1, 0.15) is 10.7 Å². The molecule has 2 aromatic heterocycles. The first-order valence-corrected chi connectivity index (χ1v) is 8.59. The van der Waals surface area contributed by atoms with E-state index in [0.717, 1.165) is 11.6 Å². The second-order valence-corrected chi connectivity index (χ2v) is 7.16. The molecule has 1 atom stereocenters. The number of aryl methyl sites for hydroxylation is 1. The number of aromatic carboxylic acids is 1. The molecule has 6 nitrogen and oxygen atoms in total. The van der Waals surface area contributed by atoms with Gasteiger partial charge in [-0.1, -0.05) is 0 Å². The highest BCUT2D eigenvalue weighted by Crippen LogP contribution is 2.20. The van der Waals surface area contributed by atoms with Crippen molar-refractivity contribution < 1.29 is 22.7 Å². The molecule has 0 amide bonds. The van der Waals surface area contributed by atoms with E-state index in [0.29, 0.717) is 6.42 Å². The molecule has 0 saturated heterocycles. The average molecular weight is 329 g/mol. The summed E-state index contributed by atoms with van der Waals surface area (Å²) >= 11 is 1.55. The quantitative estimate of drug-likeness (QED) is 0.847. The zero-order valence-corrected chi connectivity index (χ0v) is 13.1. The minimum absolute atomic E-state index is 0.0580. The SMILES string of the molecule is Cc1oc(C(=O)O)cc1S(=O)(=O)NC(C)Cc1ccsc1. The molecular weight excluding hydrogens is 314 g/mol. The van der Waals surface area contributed by atoms with E-state index in [1.165, 1.54) is 6.92 Å². The molecule has 2 aromatic rings. The van der Waals surface area contributed by atoms with Gasteiger partial charge in [0.25, 0.3) is 0 Å². The standard InChI is InChI=1S/C13H15NO5S2/c1-8(5-10-3-4-20-7-10)14-21(17,18)12-6-11(13(15)16)19-9(12)2/h3-4,6-8,14H,5H2,1-2H3,(H,15,16). The zero-order valence-electron chi connectivity index (χ0n) is 11.5. The van der Waals surface area contributed by atoms with Gasteiger partial charge in [-0.15, -0.1) is 0 Å². The fourth-order valence-corrected chi connectivity index (χ4v) is 4.07. The van der Waals surface area contributed by atoms with Crippen LogP contribution in [0.4, 0.5) is 0 Å². The number of furan rings is 1. The molecule has 2 heterocycles. The number of carboxylic acids is 1. The summed E-state index contributed by atoms with van der Waals surface area (Å²) < 4.78 is 32.0. The van der Waals surface area contributed by atoms with E-state index in [9.17, 15) is 13.2 Å². The van der Waals surface area contributed by atoms with E-state index in [2.05, 4.69) is 4.72 Å². The maximum atomic E-state index is 12.3. The smallest absolute Gasteiger partial charge is 0.371 e. The van der Waals surface area contributed by atoms with Crippen molar-refractivity contribution in [1.29, 1.82) is 0 Å². The highest BCUT2D eigenvalue weighted by atomic mass is 32.2. The van der Waals surface area contributed by atoms with Crippen LogP contribution in [0.5, 0.6) is 0 Å². The number of sulfonamides is 1. The van der Waals surface area contributed by atoms with Gasteiger partial charge in [0.15, 0.2) is 0 Å². The molecular formula is C13H15NO5S2. The predicted octanol–water partition coefficient (Wildman–Crippen LogP) is 2.26. The van der Waals surface area contributed by atoms with Crippen molar-refractivity contribution >= 4 is 27.3 Å². The Hall–Kier alpha value is -1.64. The normalized spacial score (nSPS) is 13.2. The van der Waals surface area contributed by atoms with Gasteiger partial charge in [0.05, 0.1) is 0 Å². The molecule has 8 heteroatoms. The summed E-state index contributed by atoms with van der Waals surface area (Å²) in [6.45, 7) is 3.17. The molecule has 0 radical (unpaired) electrons. The minimum Gasteiger partial charge on any atom is -0.475 e. The van der Waals surface area contributed by atoms with Crippen LogP contribution < -0.4 is 4.72 Å². The average Bonchev–Trinajstić information content (AvgIpc) is 2.97. The fourth-order valence-electron chi connectivity index (χ4n) is 1.97. The van der Waals surface area contributed by atoms with Gasteiger partial charge < -0.3 is 9.52 Å². The number of nitrogens with one attached hydrogen (secondary N) is 1. The third-order valence-corrected chi connectivity index (χ3v) is 5.28. The maximum Gasteiger partial charge on any atom is 0.371 e. The Morgan fingerprint density at radius 2 is 2.24 bits per heavy atom. The van der Waals surface area contributed by atoms with Gasteiger partial charge in [-0.2, -0.15) is 11.3 Å². The van der Waals surface area contributed by atoms with Crippen molar-refractivity contribution in [3.63, 3.8) is 0 Å². The van der Waals surface area contributed by atoms with E-state index < -0.39 is 21.8 Å². The lowest BCUT2D eigenvalue weighted by molar-refractivity contribution is 0.0661. The second kappa shape index (κ2) is 6.00. The van der Waals surface area contributed by atoms with Gasteiger partial charge in [0, 0.05) is 12.1 Å². The van der Waals surface area contributed by atoms with Gasteiger partial charge in [-0.25, -0.2) is 17.9 Å². The first-order chi connectivity index (χ1) is 9.79. The largest absolute Gasteiger partial charge is 0.475 e. The van der Waals surface area contributed by atoms with Crippen molar-refractivity contribution in [3.05, 3.63) is 40.0 Å². The molecule has 2 N–H and O–H groups in total. The summed E-state index contributed by atoms with van der Waals surface area (Å²) in [6, 6.07) is 2.64. The second-order valence-electron chi connectivity index (χ2n) is 4.69. The Bertz CT molecular complexity index is 731. The first-order valence-electron chi connectivity index (χ1n) is 6.16. The highest BCUT2D eigenvalue weighted by molar-refractivity contribution is 7.89. The zero-order chi connectivity index (χ0) is 15.6. The summed E-state index contributed by atoms with van der Waals surface area (Å²) in [5.41, 5.74) is 1.05. The first kappa shape index (κ1) is 15.7. The third kappa shape index (κ3) is 3.72. The minimum atomic E-state index is -3.81. The molecule has 0 saturated carbocycles. The number of carboxylic acid groups (broad SMARTS) is 1. The van der Waals surface area contributed by atoms with E-state index in [4.69, 9.17) is 9.52 Å². The van der Waals surface area contributed by atoms with Crippen LogP contribution in [0.2, 0.25) is 0 Å². The summed E-state index contributed by atoms with van der Waals surface area (Å²) in [7, 11) is -3.81. The highest BCUT2D eigenvalue weighted by Gasteiger charge is 2.25. The Balaban J connectivity index is 2.16. The molecule has 0 aliphatic heterocycles. The van der Waals surface area contributed by atoms with Crippen molar-refractivity contribution in [2.45, 2.75) is 31.2 Å². The van der Waals surface area contributed by atoms with Crippen LogP contribution >= 0.6 is 11.3 Å². The lowest BCUT2D eigenvalue weighted by atomic mass is 10.1. The maximum absolute atomic E-state index is 12.3. The number of carbonyl (C=O) groups is 1. The van der Waals surface area contributed by atoms with Crippen LogP contribution in [0.25, 0.3) is 0 Å². The fraction of sp³-hybridized carbons (Fsp3) is 0.308. The molecule has 0 spiro atoms. The molecule has 0 fully saturated rings. The molecule has 21 heavy (non-hydrogen) atoms. The van der Waals surface area contributed by atoms with Gasteiger partial charge in [-0.3, -0.25) is 0 Å². The van der Waals surface area contributed by atoms with Crippen molar-refractivity contribution in [3.8, 4) is 0 Å².